The van der Waals surface area contributed by atoms with Crippen LogP contribution in [0.15, 0.2) is 23.1 Å². The van der Waals surface area contributed by atoms with E-state index in [2.05, 4.69) is 20.7 Å². The zero-order valence-corrected chi connectivity index (χ0v) is 13.2. The maximum atomic E-state index is 13.0. The number of aryl methyl sites for hydroxylation is 1. The Morgan fingerprint density at radius 2 is 2.16 bits per heavy atom. The SMILES string of the molecule is COCCC(CBr)NS(=O)(=O)c1ccc(F)cc1C. The predicted octanol–water partition coefficient (Wildman–Crippen LogP) is 2.21. The highest BCUT2D eigenvalue weighted by Crippen LogP contribution is 2.17. The Bertz CT molecular complexity index is 522. The normalized spacial score (nSPS) is 13.5. The molecule has 0 aromatic heterocycles. The van der Waals surface area contributed by atoms with Crippen molar-refractivity contribution in [2.75, 3.05) is 19.0 Å². The Labute approximate surface area is 121 Å². The summed E-state index contributed by atoms with van der Waals surface area (Å²) in [5.74, 6) is -0.451. The second-order valence-electron chi connectivity index (χ2n) is 4.16. The molecule has 0 saturated carbocycles. The molecule has 0 amide bonds. The molecule has 0 aliphatic rings. The molecule has 0 bridgehead atoms. The minimum absolute atomic E-state index is 0.0947. The summed E-state index contributed by atoms with van der Waals surface area (Å²) in [7, 11) is -2.09. The van der Waals surface area contributed by atoms with Crippen LogP contribution in [-0.4, -0.2) is 33.5 Å². The van der Waals surface area contributed by atoms with Crippen LogP contribution in [0.1, 0.15) is 12.0 Å². The molecule has 0 fully saturated rings. The lowest BCUT2D eigenvalue weighted by molar-refractivity contribution is 0.188. The maximum Gasteiger partial charge on any atom is 0.241 e. The number of ether oxygens (including phenoxy) is 1. The molecule has 0 spiro atoms. The molecule has 108 valence electrons. The van der Waals surface area contributed by atoms with Crippen molar-refractivity contribution in [2.45, 2.75) is 24.3 Å². The van der Waals surface area contributed by atoms with Crippen LogP contribution in [0.25, 0.3) is 0 Å². The first-order chi connectivity index (χ1) is 8.90. The van der Waals surface area contributed by atoms with E-state index in [9.17, 15) is 12.8 Å². The molecule has 1 rings (SSSR count). The standard InChI is InChI=1S/C12H17BrFNO3S/c1-9-7-10(14)3-4-12(9)19(16,17)15-11(8-13)5-6-18-2/h3-4,7,11,15H,5-6,8H2,1-2H3. The first-order valence-electron chi connectivity index (χ1n) is 5.74. The van der Waals surface area contributed by atoms with Gasteiger partial charge in [-0.3, -0.25) is 0 Å². The number of alkyl halides is 1. The second kappa shape index (κ2) is 7.33. The number of halogens is 2. The summed E-state index contributed by atoms with van der Waals surface area (Å²) >= 11 is 3.26. The minimum atomic E-state index is -3.65. The van der Waals surface area contributed by atoms with Gasteiger partial charge in [0.05, 0.1) is 4.90 Å². The number of nitrogens with one attached hydrogen (secondary N) is 1. The van der Waals surface area contributed by atoms with Crippen LogP contribution in [-0.2, 0) is 14.8 Å². The fraction of sp³-hybridized carbons (Fsp3) is 0.500. The third-order valence-electron chi connectivity index (χ3n) is 2.61. The lowest BCUT2D eigenvalue weighted by Crippen LogP contribution is -2.37. The molecule has 0 aliphatic carbocycles. The van der Waals surface area contributed by atoms with Gasteiger partial charge in [-0.1, -0.05) is 15.9 Å². The molecule has 1 N–H and O–H groups in total. The molecule has 1 aromatic carbocycles. The molecule has 19 heavy (non-hydrogen) atoms. The van der Waals surface area contributed by atoms with Crippen molar-refractivity contribution in [1.29, 1.82) is 0 Å². The van der Waals surface area contributed by atoms with E-state index in [-0.39, 0.29) is 10.9 Å². The van der Waals surface area contributed by atoms with Gasteiger partial charge in [0, 0.05) is 25.1 Å². The summed E-state index contributed by atoms with van der Waals surface area (Å²) in [6, 6.07) is 3.34. The van der Waals surface area contributed by atoms with Crippen LogP contribution in [0.4, 0.5) is 4.39 Å². The van der Waals surface area contributed by atoms with E-state index in [1.807, 2.05) is 0 Å². The molecule has 7 heteroatoms. The first-order valence-corrected chi connectivity index (χ1v) is 8.34. The smallest absolute Gasteiger partial charge is 0.241 e. The topological polar surface area (TPSA) is 55.4 Å². The van der Waals surface area contributed by atoms with Gasteiger partial charge in [0.25, 0.3) is 0 Å². The van der Waals surface area contributed by atoms with Crippen molar-refractivity contribution < 1.29 is 17.5 Å². The van der Waals surface area contributed by atoms with Gasteiger partial charge in [-0.15, -0.1) is 0 Å². The quantitative estimate of drug-likeness (QED) is 0.764. The molecular weight excluding hydrogens is 337 g/mol. The van der Waals surface area contributed by atoms with E-state index in [1.54, 1.807) is 14.0 Å². The van der Waals surface area contributed by atoms with Crippen LogP contribution in [0.5, 0.6) is 0 Å². The second-order valence-corrected chi connectivity index (χ2v) is 6.49. The third-order valence-corrected chi connectivity index (χ3v) is 5.07. The Kier molecular flexibility index (Phi) is 6.38. The molecule has 4 nitrogen and oxygen atoms in total. The van der Waals surface area contributed by atoms with Crippen molar-refractivity contribution in [1.82, 2.24) is 4.72 Å². The summed E-state index contributed by atoms with van der Waals surface area (Å²) in [5.41, 5.74) is 0.382. The Morgan fingerprint density at radius 3 is 2.68 bits per heavy atom. The summed E-state index contributed by atoms with van der Waals surface area (Å²) < 4.78 is 44.9. The van der Waals surface area contributed by atoms with Crippen LogP contribution in [0, 0.1) is 12.7 Å². The van der Waals surface area contributed by atoms with Gasteiger partial charge >= 0.3 is 0 Å². The summed E-state index contributed by atoms with van der Waals surface area (Å²) in [6.45, 7) is 2.02. The number of methoxy groups -OCH3 is 1. The van der Waals surface area contributed by atoms with Gasteiger partial charge in [0.1, 0.15) is 5.82 Å². The zero-order valence-electron chi connectivity index (χ0n) is 10.8. The molecule has 0 saturated heterocycles. The lowest BCUT2D eigenvalue weighted by atomic mass is 10.2. The van der Waals surface area contributed by atoms with Gasteiger partial charge in [0.15, 0.2) is 0 Å². The summed E-state index contributed by atoms with van der Waals surface area (Å²) in [6.07, 6.45) is 0.557. The fourth-order valence-electron chi connectivity index (χ4n) is 1.62. The summed E-state index contributed by atoms with van der Waals surface area (Å²) in [5, 5.41) is 0.482. The molecule has 1 atom stereocenters. The first kappa shape index (κ1) is 16.6. The third kappa shape index (κ3) is 4.83. The average Bonchev–Trinajstić information content (AvgIpc) is 2.33. The van der Waals surface area contributed by atoms with Gasteiger partial charge in [-0.25, -0.2) is 17.5 Å². The Hall–Kier alpha value is -0.500. The number of rotatable bonds is 7. The maximum absolute atomic E-state index is 13.0. The van der Waals surface area contributed by atoms with Crippen molar-refractivity contribution in [3.05, 3.63) is 29.6 Å². The molecule has 1 aromatic rings. The fourth-order valence-corrected chi connectivity index (χ4v) is 3.82. The van der Waals surface area contributed by atoms with Crippen molar-refractivity contribution in [2.24, 2.45) is 0 Å². The van der Waals surface area contributed by atoms with E-state index in [0.29, 0.717) is 23.9 Å². The molecule has 1 unspecified atom stereocenters. The van der Waals surface area contributed by atoms with Gasteiger partial charge in [0.2, 0.25) is 10.0 Å². The number of hydrogen-bond donors (Lipinski definition) is 1. The van der Waals surface area contributed by atoms with Gasteiger partial charge < -0.3 is 4.74 Å². The van der Waals surface area contributed by atoms with E-state index in [4.69, 9.17) is 4.74 Å². The number of hydrogen-bond acceptors (Lipinski definition) is 3. The Balaban J connectivity index is 2.90. The van der Waals surface area contributed by atoms with Gasteiger partial charge in [-0.2, -0.15) is 0 Å². The highest BCUT2D eigenvalue weighted by Gasteiger charge is 2.21. The molecule has 0 aliphatic heterocycles. The van der Waals surface area contributed by atoms with Crippen molar-refractivity contribution >= 4 is 26.0 Å². The average molecular weight is 354 g/mol. The highest BCUT2D eigenvalue weighted by molar-refractivity contribution is 9.09. The number of sulfonamides is 1. The van der Waals surface area contributed by atoms with Crippen LogP contribution >= 0.6 is 15.9 Å². The van der Waals surface area contributed by atoms with Crippen LogP contribution < -0.4 is 4.72 Å². The lowest BCUT2D eigenvalue weighted by Gasteiger charge is -2.17. The summed E-state index contributed by atoms with van der Waals surface area (Å²) in [4.78, 5) is 0.0947. The zero-order chi connectivity index (χ0) is 14.5. The molecule has 0 heterocycles. The number of benzene rings is 1. The van der Waals surface area contributed by atoms with E-state index in [0.717, 1.165) is 6.07 Å². The minimum Gasteiger partial charge on any atom is -0.385 e. The van der Waals surface area contributed by atoms with E-state index < -0.39 is 15.8 Å². The molecular formula is C12H17BrFNO3S. The molecule has 0 radical (unpaired) electrons. The monoisotopic (exact) mass is 353 g/mol. The largest absolute Gasteiger partial charge is 0.385 e. The van der Waals surface area contributed by atoms with Crippen molar-refractivity contribution in [3.63, 3.8) is 0 Å². The Morgan fingerprint density at radius 1 is 1.47 bits per heavy atom. The predicted molar refractivity (Wildman–Crippen MR) is 75.5 cm³/mol. The van der Waals surface area contributed by atoms with Crippen molar-refractivity contribution in [3.8, 4) is 0 Å². The van der Waals surface area contributed by atoms with E-state index in [1.165, 1.54) is 12.1 Å². The van der Waals surface area contributed by atoms with Crippen LogP contribution in [0.3, 0.4) is 0 Å². The van der Waals surface area contributed by atoms with E-state index >= 15 is 0 Å². The highest BCUT2D eigenvalue weighted by atomic mass is 79.9. The van der Waals surface area contributed by atoms with Gasteiger partial charge in [-0.05, 0) is 37.1 Å². The van der Waals surface area contributed by atoms with Crippen LogP contribution in [0.2, 0.25) is 0 Å².